The van der Waals surface area contributed by atoms with Gasteiger partial charge in [-0.2, -0.15) is 0 Å². The number of aliphatic carboxylic acids is 1. The Bertz CT molecular complexity index is 392. The summed E-state index contributed by atoms with van der Waals surface area (Å²) in [5, 5.41) is 24.0. The molecule has 1 atom stereocenters. The van der Waals surface area contributed by atoms with Gasteiger partial charge in [0.25, 0.3) is 6.29 Å². The highest BCUT2D eigenvalue weighted by Crippen LogP contribution is 2.09. The number of nitrogens with zero attached hydrogens (tertiary/aromatic N) is 3. The number of hydrogen-bond acceptors (Lipinski definition) is 7. The highest BCUT2D eigenvalue weighted by atomic mass is 16.8. The monoisotopic (exact) mass is 307 g/mol. The Balaban J connectivity index is 4.37. The van der Waals surface area contributed by atoms with E-state index in [0.29, 0.717) is 0 Å². The molecule has 0 aliphatic heterocycles. The molecule has 10 nitrogen and oxygen atoms in total. The molecule has 0 saturated carbocycles. The molecule has 0 aromatic rings. The number of rotatable bonds is 7. The van der Waals surface area contributed by atoms with Gasteiger partial charge >= 0.3 is 12.1 Å². The van der Waals surface area contributed by atoms with Crippen LogP contribution in [-0.4, -0.2) is 52.2 Å². The summed E-state index contributed by atoms with van der Waals surface area (Å²) in [6.45, 7) is 7.47. The number of hydrogen-bond donors (Lipinski definition) is 1. The molecule has 122 valence electrons. The molecular formula is C11H21N3O7. The van der Waals surface area contributed by atoms with Crippen LogP contribution in [0, 0.1) is 5.21 Å². The highest BCUT2D eigenvalue weighted by Gasteiger charge is 2.21. The van der Waals surface area contributed by atoms with Crippen molar-refractivity contribution in [1.29, 1.82) is 0 Å². The lowest BCUT2D eigenvalue weighted by atomic mass is 10.2. The van der Waals surface area contributed by atoms with E-state index >= 15 is 0 Å². The Morgan fingerprint density at radius 1 is 1.43 bits per heavy atom. The van der Waals surface area contributed by atoms with Crippen molar-refractivity contribution >= 4 is 12.1 Å². The summed E-state index contributed by atoms with van der Waals surface area (Å²) in [5.74, 6) is -1.19. The molecule has 0 saturated heterocycles. The Kier molecular flexibility index (Phi) is 7.25. The van der Waals surface area contributed by atoms with Gasteiger partial charge in [-0.1, -0.05) is 0 Å². The summed E-state index contributed by atoms with van der Waals surface area (Å²) in [6, 6.07) is 0. The molecule has 0 aliphatic carbocycles. The SMILES string of the molecule is CCN(CC(=O)O)/[N+]([O-])=N/OC(C)OC(=O)OC(C)(C)C. The fourth-order valence-electron chi connectivity index (χ4n) is 1.04. The van der Waals surface area contributed by atoms with Gasteiger partial charge in [0.15, 0.2) is 6.54 Å². The second kappa shape index (κ2) is 8.12. The van der Waals surface area contributed by atoms with Crippen molar-refractivity contribution in [1.82, 2.24) is 5.01 Å². The van der Waals surface area contributed by atoms with Gasteiger partial charge < -0.3 is 19.8 Å². The summed E-state index contributed by atoms with van der Waals surface area (Å²) >= 11 is 0. The standard InChI is InChI=1S/C11H21N3O7/c1-6-13(7-9(15)16)14(18)12-21-8(2)19-10(17)20-11(3,4)5/h8H,6-7H2,1-5H3,(H,15,16)/b14-12-. The van der Waals surface area contributed by atoms with Crippen LogP contribution in [0.4, 0.5) is 4.79 Å². The van der Waals surface area contributed by atoms with Crippen molar-refractivity contribution in [3.8, 4) is 0 Å². The van der Waals surface area contributed by atoms with Crippen LogP contribution in [-0.2, 0) is 19.1 Å². The highest BCUT2D eigenvalue weighted by molar-refractivity contribution is 5.68. The van der Waals surface area contributed by atoms with Crippen molar-refractivity contribution in [2.75, 3.05) is 13.1 Å². The van der Waals surface area contributed by atoms with Crippen molar-refractivity contribution in [3.63, 3.8) is 0 Å². The molecule has 1 unspecified atom stereocenters. The summed E-state index contributed by atoms with van der Waals surface area (Å²) in [4.78, 5) is 26.4. The number of ether oxygens (including phenoxy) is 2. The summed E-state index contributed by atoms with van der Waals surface area (Å²) in [5.41, 5.74) is -0.723. The van der Waals surface area contributed by atoms with Gasteiger partial charge in [0, 0.05) is 6.92 Å². The van der Waals surface area contributed by atoms with Crippen molar-refractivity contribution in [2.45, 2.75) is 46.5 Å². The normalized spacial score (nSPS) is 13.3. The zero-order valence-corrected chi connectivity index (χ0v) is 12.7. The lowest BCUT2D eigenvalue weighted by Gasteiger charge is -2.20. The summed E-state index contributed by atoms with van der Waals surface area (Å²) < 4.78 is 9.57. The van der Waals surface area contributed by atoms with Crippen LogP contribution in [0.2, 0.25) is 0 Å². The minimum atomic E-state index is -1.19. The fourth-order valence-corrected chi connectivity index (χ4v) is 1.04. The first kappa shape index (κ1) is 18.7. The number of carboxylic acids is 1. The quantitative estimate of drug-likeness (QED) is 0.247. The molecule has 0 aromatic carbocycles. The van der Waals surface area contributed by atoms with Crippen molar-refractivity contribution in [2.24, 2.45) is 5.28 Å². The van der Waals surface area contributed by atoms with Crippen LogP contribution >= 0.6 is 0 Å². The van der Waals surface area contributed by atoms with Gasteiger partial charge in [-0.15, -0.1) is 5.01 Å². The van der Waals surface area contributed by atoms with Gasteiger partial charge in [-0.25, -0.2) is 4.79 Å². The largest absolute Gasteiger partial charge is 0.569 e. The molecule has 0 bridgehead atoms. The molecular weight excluding hydrogens is 286 g/mol. The lowest BCUT2D eigenvalue weighted by molar-refractivity contribution is -0.710. The predicted octanol–water partition coefficient (Wildman–Crippen LogP) is 1.50. The Labute approximate surface area is 122 Å². The van der Waals surface area contributed by atoms with Crippen LogP contribution in [0.15, 0.2) is 5.28 Å². The Morgan fingerprint density at radius 2 is 2.00 bits per heavy atom. The van der Waals surface area contributed by atoms with Crippen LogP contribution in [0.1, 0.15) is 34.6 Å². The fraction of sp³-hybridized carbons (Fsp3) is 0.818. The summed E-state index contributed by atoms with van der Waals surface area (Å²) in [7, 11) is 0. The first-order chi connectivity index (χ1) is 9.55. The summed E-state index contributed by atoms with van der Waals surface area (Å²) in [6.07, 6.45) is -2.14. The molecule has 0 aliphatic rings. The molecule has 0 rings (SSSR count). The van der Waals surface area contributed by atoms with Crippen molar-refractivity contribution in [3.05, 3.63) is 5.21 Å². The number of carbonyl (C=O) groups is 2. The Hall–Kier alpha value is -2.26. The third-order valence-corrected chi connectivity index (χ3v) is 1.84. The van der Waals surface area contributed by atoms with E-state index in [2.05, 4.69) is 10.1 Å². The molecule has 0 radical (unpaired) electrons. The maximum absolute atomic E-state index is 11.4. The maximum atomic E-state index is 11.4. The molecule has 0 spiro atoms. The topological polar surface area (TPSA) is 124 Å². The van der Waals surface area contributed by atoms with Crippen LogP contribution in [0.3, 0.4) is 0 Å². The molecule has 0 fully saturated rings. The van der Waals surface area contributed by atoms with Gasteiger partial charge in [0.2, 0.25) is 5.28 Å². The van der Waals surface area contributed by atoms with E-state index in [1.165, 1.54) is 6.92 Å². The predicted molar refractivity (Wildman–Crippen MR) is 68.8 cm³/mol. The van der Waals surface area contributed by atoms with E-state index in [1.54, 1.807) is 27.7 Å². The van der Waals surface area contributed by atoms with E-state index in [0.717, 1.165) is 5.01 Å². The van der Waals surface area contributed by atoms with E-state index in [-0.39, 0.29) is 11.5 Å². The number of carboxylic acid groups (broad SMARTS) is 1. The molecule has 1 N–H and O–H groups in total. The first-order valence-electron chi connectivity index (χ1n) is 6.25. The molecule has 0 aromatic heterocycles. The second-order valence-corrected chi connectivity index (χ2v) is 4.96. The zero-order chi connectivity index (χ0) is 16.6. The number of likely N-dealkylation sites (N-methyl/N-ethyl adjacent to an activating group) is 1. The smallest absolute Gasteiger partial charge is 0.511 e. The minimum Gasteiger partial charge on any atom is -0.569 e. The van der Waals surface area contributed by atoms with E-state index in [1.807, 2.05) is 0 Å². The number of carbonyl (C=O) groups excluding carboxylic acids is 1. The number of hydrazine groups is 1. The van der Waals surface area contributed by atoms with Gasteiger partial charge in [-0.05, 0) is 27.7 Å². The van der Waals surface area contributed by atoms with Crippen LogP contribution < -0.4 is 0 Å². The zero-order valence-electron chi connectivity index (χ0n) is 12.7. The van der Waals surface area contributed by atoms with E-state index < -0.39 is 30.6 Å². The van der Waals surface area contributed by atoms with E-state index in [9.17, 15) is 14.8 Å². The second-order valence-electron chi connectivity index (χ2n) is 4.96. The van der Waals surface area contributed by atoms with Gasteiger partial charge in [0.05, 0.1) is 11.5 Å². The van der Waals surface area contributed by atoms with Gasteiger partial charge in [-0.3, -0.25) is 9.63 Å². The average Bonchev–Trinajstić information content (AvgIpc) is 2.30. The lowest BCUT2D eigenvalue weighted by Crippen LogP contribution is -2.35. The van der Waals surface area contributed by atoms with Crippen molar-refractivity contribution < 1.29 is 34.0 Å². The average molecular weight is 307 g/mol. The molecule has 10 heteroatoms. The van der Waals surface area contributed by atoms with Crippen LogP contribution in [0.5, 0.6) is 0 Å². The maximum Gasteiger partial charge on any atom is 0.511 e. The Morgan fingerprint density at radius 3 is 2.43 bits per heavy atom. The first-order valence-corrected chi connectivity index (χ1v) is 6.25. The molecule has 0 heterocycles. The van der Waals surface area contributed by atoms with E-state index in [4.69, 9.17) is 14.6 Å². The van der Waals surface area contributed by atoms with Gasteiger partial charge in [0.1, 0.15) is 5.60 Å². The third kappa shape index (κ3) is 9.30. The third-order valence-electron chi connectivity index (χ3n) is 1.84. The molecule has 0 amide bonds. The molecule has 21 heavy (non-hydrogen) atoms. The van der Waals surface area contributed by atoms with Crippen LogP contribution in [0.25, 0.3) is 0 Å². The minimum absolute atomic E-state index is 0.0247.